The molecule has 4 unspecified atom stereocenters. The van der Waals surface area contributed by atoms with Gasteiger partial charge in [-0.2, -0.15) is 0 Å². The summed E-state index contributed by atoms with van der Waals surface area (Å²) in [5.41, 5.74) is 4.63. The molecule has 56 heavy (non-hydrogen) atoms. The molecule has 4 fully saturated rings. The highest BCUT2D eigenvalue weighted by Gasteiger charge is 2.29. The van der Waals surface area contributed by atoms with E-state index in [-0.39, 0.29) is 0 Å². The zero-order valence-corrected chi connectivity index (χ0v) is 33.2. The molecule has 4 aliphatic heterocycles. The van der Waals surface area contributed by atoms with Crippen LogP contribution in [0.15, 0.2) is 99.2 Å². The van der Waals surface area contributed by atoms with E-state index in [1.54, 1.807) is 25.3 Å². The van der Waals surface area contributed by atoms with Crippen LogP contribution in [0.3, 0.4) is 0 Å². The number of nitrogens with one attached hydrogen (secondary N) is 3. The standard InChI is InChI=1S/C12H17N3.2C11H15N3.C10H13N3/c1-15-7-3-6-12(15)5-2-4-11-8-13-10-14-9-11;1-11(5-6-14-11)4-2-3-10-7-12-9-13-8-10;1(2-10-4-5-12-6-10)3-11-7-13-9-14-8-11;1(3-10-4-5-13-10)2-9-6-11-8-12-7-9/h2,4,8-10,12H,3,5-7H2,1H3;2-3,7-9,14H,4-6H2,1H3;1,3,7-10,12H,2,4-6H2;1-2,6-8,10,13H,3-5H2. The van der Waals surface area contributed by atoms with Gasteiger partial charge in [0.25, 0.3) is 0 Å². The molecule has 0 amide bonds. The Morgan fingerprint density at radius 1 is 0.625 bits per heavy atom. The van der Waals surface area contributed by atoms with Gasteiger partial charge in [0.2, 0.25) is 0 Å². The number of rotatable bonds is 12. The fraction of sp³-hybridized carbons (Fsp3) is 0.455. The molecule has 4 aromatic heterocycles. The Bertz CT molecular complexity index is 1720. The molecule has 0 saturated carbocycles. The fourth-order valence-electron chi connectivity index (χ4n) is 6.64. The van der Waals surface area contributed by atoms with E-state index in [2.05, 4.69) is 123 Å². The van der Waals surface area contributed by atoms with Gasteiger partial charge in [-0.3, -0.25) is 0 Å². The van der Waals surface area contributed by atoms with Gasteiger partial charge in [-0.15, -0.1) is 0 Å². The van der Waals surface area contributed by atoms with Crippen molar-refractivity contribution in [1.82, 2.24) is 60.7 Å². The molecule has 4 saturated heterocycles. The second-order valence-corrected chi connectivity index (χ2v) is 15.0. The second-order valence-electron chi connectivity index (χ2n) is 15.0. The van der Waals surface area contributed by atoms with Crippen molar-refractivity contribution in [2.24, 2.45) is 5.92 Å². The summed E-state index contributed by atoms with van der Waals surface area (Å²) in [4.78, 5) is 34.1. The van der Waals surface area contributed by atoms with Gasteiger partial charge in [0.1, 0.15) is 25.3 Å². The van der Waals surface area contributed by atoms with Crippen LogP contribution in [0, 0.1) is 5.92 Å². The molecule has 0 aliphatic carbocycles. The number of aromatic nitrogens is 8. The fourth-order valence-corrected chi connectivity index (χ4v) is 6.64. The van der Waals surface area contributed by atoms with E-state index >= 15 is 0 Å². The Morgan fingerprint density at radius 3 is 1.50 bits per heavy atom. The van der Waals surface area contributed by atoms with Crippen LogP contribution in [0.5, 0.6) is 0 Å². The first kappa shape index (κ1) is 42.3. The number of hydrogen-bond donors (Lipinski definition) is 3. The van der Waals surface area contributed by atoms with Crippen molar-refractivity contribution >= 4 is 24.3 Å². The lowest BCUT2D eigenvalue weighted by molar-refractivity contribution is 0.236. The third-order valence-corrected chi connectivity index (χ3v) is 10.4. The normalized spacial score (nSPS) is 23.1. The Morgan fingerprint density at radius 2 is 1.11 bits per heavy atom. The Kier molecular flexibility index (Phi) is 18.6. The van der Waals surface area contributed by atoms with Gasteiger partial charge in [-0.1, -0.05) is 48.6 Å². The maximum atomic E-state index is 3.98. The molecule has 12 nitrogen and oxygen atoms in total. The minimum Gasteiger partial charge on any atom is -0.316 e. The molecule has 296 valence electrons. The second kappa shape index (κ2) is 24.6. The molecule has 4 atom stereocenters. The van der Waals surface area contributed by atoms with Crippen molar-refractivity contribution < 1.29 is 0 Å². The molecular formula is C44H60N12. The molecule has 0 aromatic carbocycles. The minimum absolute atomic E-state index is 0.326. The van der Waals surface area contributed by atoms with Crippen LogP contribution < -0.4 is 16.0 Å². The first-order valence-electron chi connectivity index (χ1n) is 20.1. The Balaban J connectivity index is 0.000000143. The smallest absolute Gasteiger partial charge is 0.115 e. The Hall–Kier alpha value is -4.88. The summed E-state index contributed by atoms with van der Waals surface area (Å²) in [6.07, 6.45) is 49.0. The molecule has 4 aromatic rings. The lowest BCUT2D eigenvalue weighted by Gasteiger charge is -2.39. The van der Waals surface area contributed by atoms with E-state index in [1.807, 2.05) is 49.6 Å². The van der Waals surface area contributed by atoms with Crippen LogP contribution in [-0.2, 0) is 0 Å². The van der Waals surface area contributed by atoms with Gasteiger partial charge in [0, 0.05) is 89.5 Å². The molecule has 12 heteroatoms. The monoisotopic (exact) mass is 757 g/mol. The predicted molar refractivity (Wildman–Crippen MR) is 227 cm³/mol. The predicted octanol–water partition coefficient (Wildman–Crippen LogP) is 6.34. The van der Waals surface area contributed by atoms with Crippen LogP contribution in [0.25, 0.3) is 24.3 Å². The number of nitrogens with zero attached hydrogens (tertiary/aromatic N) is 9. The van der Waals surface area contributed by atoms with Crippen molar-refractivity contribution in [3.05, 3.63) is 121 Å². The number of hydrogen-bond acceptors (Lipinski definition) is 12. The highest BCUT2D eigenvalue weighted by Crippen LogP contribution is 2.22. The Labute approximate surface area is 333 Å². The van der Waals surface area contributed by atoms with Crippen LogP contribution >= 0.6 is 0 Å². The summed E-state index contributed by atoms with van der Waals surface area (Å²) in [6, 6.07) is 1.42. The zero-order valence-electron chi connectivity index (χ0n) is 33.2. The summed E-state index contributed by atoms with van der Waals surface area (Å²) < 4.78 is 0. The average molecular weight is 757 g/mol. The van der Waals surface area contributed by atoms with Crippen molar-refractivity contribution in [1.29, 1.82) is 0 Å². The molecule has 8 heterocycles. The maximum absolute atomic E-state index is 3.98. The lowest BCUT2D eigenvalue weighted by Crippen LogP contribution is -2.54. The van der Waals surface area contributed by atoms with Crippen molar-refractivity contribution in [2.45, 2.75) is 82.3 Å². The molecule has 0 spiro atoms. The van der Waals surface area contributed by atoms with Crippen LogP contribution in [-0.4, -0.2) is 102 Å². The molecular weight excluding hydrogens is 697 g/mol. The number of allylic oxidation sites excluding steroid dienone is 1. The molecule has 0 bridgehead atoms. The van der Waals surface area contributed by atoms with E-state index in [0.717, 1.165) is 73.0 Å². The topological polar surface area (TPSA) is 142 Å². The quantitative estimate of drug-likeness (QED) is 0.149. The van der Waals surface area contributed by atoms with Gasteiger partial charge < -0.3 is 20.9 Å². The summed E-state index contributed by atoms with van der Waals surface area (Å²) in [7, 11) is 2.21. The first-order valence-corrected chi connectivity index (χ1v) is 20.1. The van der Waals surface area contributed by atoms with Gasteiger partial charge in [-0.05, 0) is 110 Å². The average Bonchev–Trinajstić information content (AvgIpc) is 3.89. The molecule has 4 aliphatic rings. The summed E-state index contributed by atoms with van der Waals surface area (Å²) in [5, 5.41) is 10.1. The van der Waals surface area contributed by atoms with E-state index < -0.39 is 0 Å². The summed E-state index contributed by atoms with van der Waals surface area (Å²) >= 11 is 0. The van der Waals surface area contributed by atoms with E-state index in [4.69, 9.17) is 0 Å². The van der Waals surface area contributed by atoms with Crippen LogP contribution in [0.4, 0.5) is 0 Å². The van der Waals surface area contributed by atoms with E-state index in [1.165, 1.54) is 51.7 Å². The van der Waals surface area contributed by atoms with Crippen LogP contribution in [0.2, 0.25) is 0 Å². The largest absolute Gasteiger partial charge is 0.316 e. The SMILES string of the molecule is C(=Cc1cncnc1)CC1CCN1.C(=Cc1cncnc1)CC1CCNC1.CC1(CC=Cc2cncnc2)CCN1.CN1CCCC1CC=Cc1cncnc1. The lowest BCUT2D eigenvalue weighted by atomic mass is 9.87. The molecule has 3 N–H and O–H groups in total. The minimum atomic E-state index is 0.326. The highest BCUT2D eigenvalue weighted by molar-refractivity contribution is 5.48. The third kappa shape index (κ3) is 16.5. The van der Waals surface area contributed by atoms with Gasteiger partial charge in [-0.25, -0.2) is 39.9 Å². The third-order valence-electron chi connectivity index (χ3n) is 10.4. The van der Waals surface area contributed by atoms with E-state index in [9.17, 15) is 0 Å². The van der Waals surface area contributed by atoms with Gasteiger partial charge in [0.15, 0.2) is 0 Å². The van der Waals surface area contributed by atoms with E-state index in [0.29, 0.717) is 11.6 Å². The zero-order chi connectivity index (χ0) is 38.9. The first-order chi connectivity index (χ1) is 27.5. The van der Waals surface area contributed by atoms with Crippen LogP contribution in [0.1, 0.15) is 87.0 Å². The van der Waals surface area contributed by atoms with Gasteiger partial charge >= 0.3 is 0 Å². The summed E-state index contributed by atoms with van der Waals surface area (Å²) in [6.45, 7) is 8.16. The summed E-state index contributed by atoms with van der Waals surface area (Å²) in [5.74, 6) is 0.816. The maximum Gasteiger partial charge on any atom is 0.115 e. The molecule has 0 radical (unpaired) electrons. The number of likely N-dealkylation sites (tertiary alicyclic amines) is 1. The van der Waals surface area contributed by atoms with Gasteiger partial charge in [0.05, 0.1) is 0 Å². The molecule has 8 rings (SSSR count). The highest BCUT2D eigenvalue weighted by atomic mass is 15.1. The van der Waals surface area contributed by atoms with Crippen molar-refractivity contribution in [2.75, 3.05) is 39.8 Å². The van der Waals surface area contributed by atoms with Crippen molar-refractivity contribution in [3.63, 3.8) is 0 Å². The van der Waals surface area contributed by atoms with Crippen molar-refractivity contribution in [3.8, 4) is 0 Å².